The first-order valence-corrected chi connectivity index (χ1v) is 7.97. The number of halogens is 2. The van der Waals surface area contributed by atoms with Gasteiger partial charge in [0.25, 0.3) is 0 Å². The summed E-state index contributed by atoms with van der Waals surface area (Å²) < 4.78 is 27.7. The van der Waals surface area contributed by atoms with E-state index in [1.54, 1.807) is 19.1 Å². The van der Waals surface area contributed by atoms with E-state index in [2.05, 4.69) is 0 Å². The van der Waals surface area contributed by atoms with Crippen molar-refractivity contribution in [1.82, 2.24) is 0 Å². The second kappa shape index (κ2) is 6.19. The molecule has 0 aliphatic heterocycles. The maximum Gasteiger partial charge on any atom is 0.167 e. The highest BCUT2D eigenvalue weighted by atomic mass is 19.1. The first-order chi connectivity index (χ1) is 11.4. The lowest BCUT2D eigenvalue weighted by Gasteiger charge is -2.13. The summed E-state index contributed by atoms with van der Waals surface area (Å²) in [5, 5.41) is 10.1. The van der Waals surface area contributed by atoms with Crippen LogP contribution >= 0.6 is 0 Å². The quantitative estimate of drug-likeness (QED) is 0.847. The summed E-state index contributed by atoms with van der Waals surface area (Å²) in [6, 6.07) is 7.63. The van der Waals surface area contributed by atoms with Gasteiger partial charge in [-0.2, -0.15) is 0 Å². The van der Waals surface area contributed by atoms with Crippen LogP contribution in [-0.2, 0) is 11.2 Å². The van der Waals surface area contributed by atoms with Crippen LogP contribution in [0.25, 0.3) is 16.7 Å². The topological polar surface area (TPSA) is 37.3 Å². The Bertz CT molecular complexity index is 866. The van der Waals surface area contributed by atoms with Gasteiger partial charge in [0.15, 0.2) is 5.78 Å². The van der Waals surface area contributed by atoms with Crippen molar-refractivity contribution in [1.29, 1.82) is 0 Å². The number of rotatable bonds is 3. The van der Waals surface area contributed by atoms with Gasteiger partial charge in [-0.15, -0.1) is 0 Å². The SMILES string of the molecule is CCc1ccc(-c2cc(C)c(F)cc2F)cc1C1=C(O)CCC1=O. The average Bonchev–Trinajstić information content (AvgIpc) is 2.89. The van der Waals surface area contributed by atoms with Gasteiger partial charge in [-0.05, 0) is 47.7 Å². The van der Waals surface area contributed by atoms with Crippen molar-refractivity contribution in [3.63, 3.8) is 0 Å². The molecule has 2 aromatic rings. The summed E-state index contributed by atoms with van der Waals surface area (Å²) in [5.41, 5.74) is 3.07. The molecule has 124 valence electrons. The van der Waals surface area contributed by atoms with Crippen molar-refractivity contribution >= 4 is 11.4 Å². The Morgan fingerprint density at radius 1 is 1.04 bits per heavy atom. The monoisotopic (exact) mass is 328 g/mol. The second-order valence-corrected chi connectivity index (χ2v) is 6.05. The molecule has 2 aromatic carbocycles. The summed E-state index contributed by atoms with van der Waals surface area (Å²) in [4.78, 5) is 12.1. The van der Waals surface area contributed by atoms with E-state index in [0.717, 1.165) is 11.6 Å². The fourth-order valence-electron chi connectivity index (χ4n) is 3.11. The van der Waals surface area contributed by atoms with Gasteiger partial charge < -0.3 is 5.11 Å². The minimum atomic E-state index is -0.649. The van der Waals surface area contributed by atoms with Crippen molar-refractivity contribution in [2.45, 2.75) is 33.1 Å². The lowest BCUT2D eigenvalue weighted by molar-refractivity contribution is -0.113. The molecule has 0 heterocycles. The van der Waals surface area contributed by atoms with Gasteiger partial charge in [0.05, 0.1) is 5.57 Å². The van der Waals surface area contributed by atoms with Gasteiger partial charge >= 0.3 is 0 Å². The molecule has 1 aliphatic carbocycles. The van der Waals surface area contributed by atoms with Gasteiger partial charge in [-0.25, -0.2) is 8.78 Å². The Labute approximate surface area is 139 Å². The number of Topliss-reactive ketones (excluding diaryl/α,β-unsaturated/α-hetero) is 1. The van der Waals surface area contributed by atoms with Crippen LogP contribution in [0.2, 0.25) is 0 Å². The summed E-state index contributed by atoms with van der Waals surface area (Å²) in [6.07, 6.45) is 1.31. The molecule has 4 heteroatoms. The number of carbonyl (C=O) groups excluding carboxylic acids is 1. The van der Waals surface area contributed by atoms with Gasteiger partial charge in [0.1, 0.15) is 17.4 Å². The van der Waals surface area contributed by atoms with E-state index in [4.69, 9.17) is 0 Å². The van der Waals surface area contributed by atoms with E-state index in [9.17, 15) is 18.7 Å². The number of allylic oxidation sites excluding steroid dienone is 2. The van der Waals surface area contributed by atoms with Crippen molar-refractivity contribution in [2.24, 2.45) is 0 Å². The molecule has 3 rings (SSSR count). The third-order valence-corrected chi connectivity index (χ3v) is 4.48. The lowest BCUT2D eigenvalue weighted by atomic mass is 9.92. The minimum absolute atomic E-state index is 0.0857. The van der Waals surface area contributed by atoms with Crippen LogP contribution in [0.4, 0.5) is 8.78 Å². The Kier molecular flexibility index (Phi) is 4.22. The molecule has 1 aliphatic rings. The van der Waals surface area contributed by atoms with Gasteiger partial charge in [-0.1, -0.05) is 19.1 Å². The zero-order valence-corrected chi connectivity index (χ0v) is 13.6. The maximum atomic E-state index is 14.2. The minimum Gasteiger partial charge on any atom is -0.512 e. The highest BCUT2D eigenvalue weighted by molar-refractivity contribution is 6.23. The molecule has 24 heavy (non-hydrogen) atoms. The highest BCUT2D eigenvalue weighted by Gasteiger charge is 2.26. The summed E-state index contributed by atoms with van der Waals surface area (Å²) >= 11 is 0. The van der Waals surface area contributed by atoms with Gasteiger partial charge in [0, 0.05) is 24.5 Å². The molecule has 1 N–H and O–H groups in total. The molecule has 2 nitrogen and oxygen atoms in total. The number of hydrogen-bond donors (Lipinski definition) is 1. The van der Waals surface area contributed by atoms with Crippen LogP contribution in [0.3, 0.4) is 0 Å². The largest absolute Gasteiger partial charge is 0.512 e. The Morgan fingerprint density at radius 3 is 2.42 bits per heavy atom. The number of hydrogen-bond acceptors (Lipinski definition) is 2. The average molecular weight is 328 g/mol. The number of carbonyl (C=O) groups is 1. The summed E-state index contributed by atoms with van der Waals surface area (Å²) in [7, 11) is 0. The molecular formula is C20H18F2O2. The van der Waals surface area contributed by atoms with Crippen molar-refractivity contribution < 1.29 is 18.7 Å². The standard InChI is InChI=1S/C20H18F2O2/c1-3-12-4-5-13(14-8-11(2)16(21)10-17(14)22)9-15(12)20-18(23)6-7-19(20)24/h4-5,8-10,23H,3,6-7H2,1-2H3. The molecular weight excluding hydrogens is 310 g/mol. The molecule has 0 bridgehead atoms. The van der Waals surface area contributed by atoms with E-state index in [-0.39, 0.29) is 17.1 Å². The number of aliphatic hydroxyl groups is 1. The van der Waals surface area contributed by atoms with Crippen LogP contribution < -0.4 is 0 Å². The van der Waals surface area contributed by atoms with Gasteiger partial charge in [-0.3, -0.25) is 4.79 Å². The van der Waals surface area contributed by atoms with E-state index in [1.165, 1.54) is 6.07 Å². The molecule has 0 spiro atoms. The fourth-order valence-corrected chi connectivity index (χ4v) is 3.11. The normalized spacial score (nSPS) is 14.6. The first kappa shape index (κ1) is 16.4. The Hall–Kier alpha value is -2.49. The molecule has 0 fully saturated rings. The predicted molar refractivity (Wildman–Crippen MR) is 89.7 cm³/mol. The molecule has 0 atom stereocenters. The van der Waals surface area contributed by atoms with E-state index in [1.807, 2.05) is 13.0 Å². The summed E-state index contributed by atoms with van der Waals surface area (Å²) in [5.74, 6) is -1.25. The lowest BCUT2D eigenvalue weighted by Crippen LogP contribution is -2.01. The zero-order chi connectivity index (χ0) is 17.4. The molecule has 0 amide bonds. The fraction of sp³-hybridized carbons (Fsp3) is 0.250. The third kappa shape index (κ3) is 2.73. The third-order valence-electron chi connectivity index (χ3n) is 4.48. The van der Waals surface area contributed by atoms with Crippen LogP contribution in [0.5, 0.6) is 0 Å². The van der Waals surface area contributed by atoms with Crippen LogP contribution in [0.1, 0.15) is 36.5 Å². The van der Waals surface area contributed by atoms with E-state index < -0.39 is 11.6 Å². The highest BCUT2D eigenvalue weighted by Crippen LogP contribution is 2.35. The Morgan fingerprint density at radius 2 is 1.79 bits per heavy atom. The number of benzene rings is 2. The van der Waals surface area contributed by atoms with Gasteiger partial charge in [0.2, 0.25) is 0 Å². The van der Waals surface area contributed by atoms with Crippen LogP contribution in [-0.4, -0.2) is 10.9 Å². The smallest absolute Gasteiger partial charge is 0.167 e. The van der Waals surface area contributed by atoms with Crippen LogP contribution in [0.15, 0.2) is 36.1 Å². The zero-order valence-electron chi connectivity index (χ0n) is 13.6. The Balaban J connectivity index is 2.20. The number of aryl methyl sites for hydroxylation is 2. The van der Waals surface area contributed by atoms with Crippen LogP contribution in [0, 0.1) is 18.6 Å². The molecule has 0 unspecified atom stereocenters. The predicted octanol–water partition coefficient (Wildman–Crippen LogP) is 5.13. The molecule has 0 saturated heterocycles. The van der Waals surface area contributed by atoms with E-state index in [0.29, 0.717) is 41.5 Å². The number of ketones is 1. The molecule has 0 aromatic heterocycles. The second-order valence-electron chi connectivity index (χ2n) is 6.05. The molecule has 0 radical (unpaired) electrons. The summed E-state index contributed by atoms with van der Waals surface area (Å²) in [6.45, 7) is 3.53. The van der Waals surface area contributed by atoms with Crippen molar-refractivity contribution in [2.75, 3.05) is 0 Å². The first-order valence-electron chi connectivity index (χ1n) is 7.97. The molecule has 0 saturated carbocycles. The van der Waals surface area contributed by atoms with Crippen molar-refractivity contribution in [3.05, 3.63) is 64.4 Å². The maximum absolute atomic E-state index is 14.2. The van der Waals surface area contributed by atoms with Crippen molar-refractivity contribution in [3.8, 4) is 11.1 Å². The number of aliphatic hydroxyl groups excluding tert-OH is 1. The van der Waals surface area contributed by atoms with E-state index >= 15 is 0 Å².